The number of hydrogen-bond donors (Lipinski definition) is 1. The van der Waals surface area contributed by atoms with Crippen molar-refractivity contribution in [1.29, 1.82) is 0 Å². The second-order valence-corrected chi connectivity index (χ2v) is 6.38. The third-order valence-electron chi connectivity index (χ3n) is 4.18. The number of hydrogen-bond acceptors (Lipinski definition) is 2. The Hall–Kier alpha value is -1.06. The SMILES string of the molecule is C[C@H]1[C@H](O)CN1C(c1ccc(Cl)cc1)c1ccc(Cl)cc1. The van der Waals surface area contributed by atoms with E-state index < -0.39 is 0 Å². The minimum absolute atomic E-state index is 0.109. The molecule has 2 atom stereocenters. The molecule has 3 rings (SSSR count). The zero-order valence-electron chi connectivity index (χ0n) is 11.7. The molecule has 1 heterocycles. The van der Waals surface area contributed by atoms with Crippen LogP contribution in [0.3, 0.4) is 0 Å². The Morgan fingerprint density at radius 2 is 1.38 bits per heavy atom. The van der Waals surface area contributed by atoms with Gasteiger partial charge in [-0.15, -0.1) is 0 Å². The minimum atomic E-state index is -0.257. The summed E-state index contributed by atoms with van der Waals surface area (Å²) >= 11 is 12.0. The first kappa shape index (κ1) is 14.9. The summed E-state index contributed by atoms with van der Waals surface area (Å²) in [7, 11) is 0. The van der Waals surface area contributed by atoms with Crippen molar-refractivity contribution in [2.45, 2.75) is 25.1 Å². The number of rotatable bonds is 3. The molecule has 0 spiro atoms. The fourth-order valence-corrected chi connectivity index (χ4v) is 3.08. The Kier molecular flexibility index (Phi) is 4.23. The highest BCUT2D eigenvalue weighted by atomic mass is 35.5. The van der Waals surface area contributed by atoms with Gasteiger partial charge in [0.05, 0.1) is 12.1 Å². The van der Waals surface area contributed by atoms with Crippen LogP contribution in [0.15, 0.2) is 48.5 Å². The van der Waals surface area contributed by atoms with E-state index in [0.717, 1.165) is 10.0 Å². The van der Waals surface area contributed by atoms with Crippen molar-refractivity contribution in [3.63, 3.8) is 0 Å². The molecule has 1 aliphatic rings. The van der Waals surface area contributed by atoms with Gasteiger partial charge in [0.25, 0.3) is 0 Å². The molecule has 0 unspecified atom stereocenters. The van der Waals surface area contributed by atoms with Gasteiger partial charge in [0.1, 0.15) is 0 Å². The van der Waals surface area contributed by atoms with Crippen LogP contribution < -0.4 is 0 Å². The fourth-order valence-electron chi connectivity index (χ4n) is 2.82. The van der Waals surface area contributed by atoms with E-state index in [9.17, 15) is 5.11 Å². The van der Waals surface area contributed by atoms with Crippen LogP contribution in [-0.4, -0.2) is 28.7 Å². The summed E-state index contributed by atoms with van der Waals surface area (Å²) in [5, 5.41) is 11.3. The van der Waals surface area contributed by atoms with Crippen LogP contribution in [-0.2, 0) is 0 Å². The molecule has 0 saturated carbocycles. The number of halogens is 2. The average molecular weight is 322 g/mol. The largest absolute Gasteiger partial charge is 0.390 e. The number of β-amino-alcohol motifs (C(OH)–C–C–N with tert-alkyl or cyclic N) is 1. The monoisotopic (exact) mass is 321 g/mol. The van der Waals surface area contributed by atoms with E-state index in [4.69, 9.17) is 23.2 Å². The van der Waals surface area contributed by atoms with E-state index in [1.807, 2.05) is 55.5 Å². The van der Waals surface area contributed by atoms with Gasteiger partial charge in [-0.2, -0.15) is 0 Å². The maximum absolute atomic E-state index is 9.83. The Morgan fingerprint density at radius 3 is 1.71 bits per heavy atom. The van der Waals surface area contributed by atoms with Crippen molar-refractivity contribution in [3.8, 4) is 0 Å². The molecule has 0 aromatic heterocycles. The topological polar surface area (TPSA) is 23.5 Å². The van der Waals surface area contributed by atoms with Crippen LogP contribution in [0.5, 0.6) is 0 Å². The predicted molar refractivity (Wildman–Crippen MR) is 86.9 cm³/mol. The third-order valence-corrected chi connectivity index (χ3v) is 4.68. The normalized spacial score (nSPS) is 22.3. The first-order chi connectivity index (χ1) is 10.1. The fraction of sp³-hybridized carbons (Fsp3) is 0.294. The lowest BCUT2D eigenvalue weighted by molar-refractivity contribution is -0.0693. The van der Waals surface area contributed by atoms with Gasteiger partial charge in [0, 0.05) is 22.6 Å². The van der Waals surface area contributed by atoms with Crippen molar-refractivity contribution in [2.24, 2.45) is 0 Å². The molecule has 2 aromatic rings. The third kappa shape index (κ3) is 2.95. The lowest BCUT2D eigenvalue weighted by atomic mass is 9.90. The van der Waals surface area contributed by atoms with Crippen molar-refractivity contribution in [1.82, 2.24) is 4.90 Å². The Morgan fingerprint density at radius 1 is 0.952 bits per heavy atom. The first-order valence-corrected chi connectivity index (χ1v) is 7.76. The molecule has 21 heavy (non-hydrogen) atoms. The van der Waals surface area contributed by atoms with Gasteiger partial charge in [-0.1, -0.05) is 47.5 Å². The van der Waals surface area contributed by atoms with Crippen molar-refractivity contribution in [3.05, 3.63) is 69.7 Å². The van der Waals surface area contributed by atoms with E-state index in [2.05, 4.69) is 4.90 Å². The number of nitrogens with zero attached hydrogens (tertiary/aromatic N) is 1. The minimum Gasteiger partial charge on any atom is -0.390 e. The van der Waals surface area contributed by atoms with Gasteiger partial charge >= 0.3 is 0 Å². The number of aliphatic hydroxyl groups excluding tert-OH is 1. The van der Waals surface area contributed by atoms with E-state index >= 15 is 0 Å². The van der Waals surface area contributed by atoms with Gasteiger partial charge in [0.2, 0.25) is 0 Å². The first-order valence-electron chi connectivity index (χ1n) is 7.01. The predicted octanol–water partition coefficient (Wildman–Crippen LogP) is 4.15. The summed E-state index contributed by atoms with van der Waals surface area (Å²) in [6.45, 7) is 2.73. The zero-order chi connectivity index (χ0) is 15.0. The van der Waals surface area contributed by atoms with Crippen LogP contribution in [0.4, 0.5) is 0 Å². The highest BCUT2D eigenvalue weighted by Crippen LogP contribution is 2.36. The van der Waals surface area contributed by atoms with Gasteiger partial charge in [0.15, 0.2) is 0 Å². The highest BCUT2D eigenvalue weighted by molar-refractivity contribution is 6.30. The Balaban J connectivity index is 1.98. The summed E-state index contributed by atoms with van der Waals surface area (Å²) in [6.07, 6.45) is -0.257. The lowest BCUT2D eigenvalue weighted by Crippen LogP contribution is -2.59. The summed E-state index contributed by atoms with van der Waals surface area (Å²) in [5.41, 5.74) is 2.33. The van der Waals surface area contributed by atoms with E-state index in [1.165, 1.54) is 11.1 Å². The molecular formula is C17H17Cl2NO. The van der Waals surface area contributed by atoms with Crippen LogP contribution >= 0.6 is 23.2 Å². The molecule has 0 amide bonds. The summed E-state index contributed by atoms with van der Waals surface area (Å²) < 4.78 is 0. The van der Waals surface area contributed by atoms with Gasteiger partial charge in [-0.05, 0) is 42.3 Å². The molecule has 0 aliphatic carbocycles. The second-order valence-electron chi connectivity index (χ2n) is 5.51. The standard InChI is InChI=1S/C17H17Cl2NO/c1-11-16(21)10-20(11)17(12-2-6-14(18)7-3-12)13-4-8-15(19)9-5-13/h2-9,11,16-17,21H,10H2,1H3/t11-,16+/m0/s1. The van der Waals surface area contributed by atoms with Gasteiger partial charge in [-0.25, -0.2) is 0 Å². The average Bonchev–Trinajstić information content (AvgIpc) is 2.50. The van der Waals surface area contributed by atoms with Gasteiger partial charge in [-0.3, -0.25) is 4.90 Å². The van der Waals surface area contributed by atoms with Gasteiger partial charge < -0.3 is 5.11 Å². The smallest absolute Gasteiger partial charge is 0.0820 e. The Labute approximate surface area is 134 Å². The maximum Gasteiger partial charge on any atom is 0.0820 e. The lowest BCUT2D eigenvalue weighted by Gasteiger charge is -2.48. The number of aliphatic hydroxyl groups is 1. The number of benzene rings is 2. The van der Waals surface area contributed by atoms with Crippen LogP contribution in [0.1, 0.15) is 24.1 Å². The summed E-state index contributed by atoms with van der Waals surface area (Å²) in [4.78, 5) is 2.29. The second kappa shape index (κ2) is 5.98. The molecule has 1 fully saturated rings. The van der Waals surface area contributed by atoms with Crippen LogP contribution in [0.2, 0.25) is 10.0 Å². The quantitative estimate of drug-likeness (QED) is 0.918. The van der Waals surface area contributed by atoms with Crippen LogP contribution in [0.25, 0.3) is 0 Å². The highest BCUT2D eigenvalue weighted by Gasteiger charge is 2.39. The summed E-state index contributed by atoms with van der Waals surface area (Å²) in [5.74, 6) is 0. The molecule has 0 radical (unpaired) electrons. The molecule has 2 aromatic carbocycles. The maximum atomic E-state index is 9.83. The van der Waals surface area contributed by atoms with Crippen molar-refractivity contribution < 1.29 is 5.11 Å². The zero-order valence-corrected chi connectivity index (χ0v) is 13.2. The molecule has 1 saturated heterocycles. The summed E-state index contributed by atoms with van der Waals surface area (Å²) in [6, 6.07) is 16.0. The molecule has 2 nitrogen and oxygen atoms in total. The Bertz CT molecular complexity index is 566. The van der Waals surface area contributed by atoms with Crippen molar-refractivity contribution >= 4 is 23.2 Å². The van der Waals surface area contributed by atoms with E-state index in [-0.39, 0.29) is 18.2 Å². The molecule has 110 valence electrons. The molecule has 0 bridgehead atoms. The molecule has 1 aliphatic heterocycles. The van der Waals surface area contributed by atoms with E-state index in [1.54, 1.807) is 0 Å². The van der Waals surface area contributed by atoms with Crippen molar-refractivity contribution in [2.75, 3.05) is 6.54 Å². The van der Waals surface area contributed by atoms with Crippen LogP contribution in [0, 0.1) is 0 Å². The molecular weight excluding hydrogens is 305 g/mol. The molecule has 1 N–H and O–H groups in total. The molecule has 4 heteroatoms. The van der Waals surface area contributed by atoms with E-state index in [0.29, 0.717) is 6.54 Å². The number of likely N-dealkylation sites (tertiary alicyclic amines) is 1.